The van der Waals surface area contributed by atoms with E-state index in [2.05, 4.69) is 32.6 Å². The molecule has 0 fully saturated rings. The number of methoxy groups -OCH3 is 1. The van der Waals surface area contributed by atoms with Crippen molar-refractivity contribution in [3.05, 3.63) is 9.26 Å². The van der Waals surface area contributed by atoms with Crippen molar-refractivity contribution in [2.45, 2.75) is 12.1 Å². The predicted molar refractivity (Wildman–Crippen MR) is 57.8 cm³/mol. The number of halogens is 1. The number of aromatic nitrogens is 2. The summed E-state index contributed by atoms with van der Waals surface area (Å²) in [5, 5.41) is 0.754. The molecule has 0 atom stereocenters. The molecule has 12 heavy (non-hydrogen) atoms. The molecule has 3 nitrogen and oxygen atoms in total. The van der Waals surface area contributed by atoms with Crippen LogP contribution in [0.15, 0.2) is 5.16 Å². The molecule has 0 amide bonds. The van der Waals surface area contributed by atoms with E-state index in [9.17, 15) is 0 Å². The van der Waals surface area contributed by atoms with Gasteiger partial charge < -0.3 is 4.74 Å². The summed E-state index contributed by atoms with van der Waals surface area (Å²) < 4.78 is 6.08. The number of hydrogen-bond donors (Lipinski definition) is 0. The molecule has 0 spiro atoms. The first-order valence-corrected chi connectivity index (χ1v) is 5.61. The number of hydrogen-bond acceptors (Lipinski definition) is 4. The van der Waals surface area contributed by atoms with Crippen molar-refractivity contribution in [2.24, 2.45) is 0 Å². The minimum atomic E-state index is 0.660. The van der Waals surface area contributed by atoms with E-state index in [4.69, 9.17) is 4.74 Å². The predicted octanol–water partition coefficient (Wildman–Crippen LogP) is 2.12. The van der Waals surface area contributed by atoms with Gasteiger partial charge in [-0.15, -0.1) is 0 Å². The molecule has 0 aromatic carbocycles. The van der Waals surface area contributed by atoms with Crippen molar-refractivity contribution in [2.75, 3.05) is 13.4 Å². The zero-order valence-electron chi connectivity index (χ0n) is 7.09. The van der Waals surface area contributed by atoms with Crippen LogP contribution in [0.1, 0.15) is 5.69 Å². The van der Waals surface area contributed by atoms with E-state index in [0.29, 0.717) is 5.88 Å². The largest absolute Gasteiger partial charge is 0.480 e. The molecule has 1 aromatic rings. The highest BCUT2D eigenvalue weighted by Crippen LogP contribution is 2.22. The fourth-order valence-electron chi connectivity index (χ4n) is 0.735. The summed E-state index contributed by atoms with van der Waals surface area (Å²) in [6, 6.07) is 0. The lowest BCUT2D eigenvalue weighted by atomic mass is 10.4. The van der Waals surface area contributed by atoms with Crippen LogP contribution in [0.25, 0.3) is 0 Å². The highest BCUT2D eigenvalue weighted by molar-refractivity contribution is 14.1. The van der Waals surface area contributed by atoms with Crippen LogP contribution < -0.4 is 4.74 Å². The molecule has 1 heterocycles. The first-order valence-electron chi connectivity index (χ1n) is 3.31. The van der Waals surface area contributed by atoms with Crippen LogP contribution in [0, 0.1) is 10.5 Å². The Kier molecular flexibility index (Phi) is 3.57. The van der Waals surface area contributed by atoms with Gasteiger partial charge in [0, 0.05) is 0 Å². The lowest BCUT2D eigenvalue weighted by molar-refractivity contribution is 0.388. The van der Waals surface area contributed by atoms with Gasteiger partial charge in [-0.3, -0.25) is 0 Å². The van der Waals surface area contributed by atoms with Crippen molar-refractivity contribution in [1.82, 2.24) is 9.97 Å². The summed E-state index contributed by atoms with van der Waals surface area (Å²) in [7, 11) is 1.62. The molecule has 1 rings (SSSR count). The molecule has 0 aliphatic heterocycles. The normalized spacial score (nSPS) is 10.0. The van der Waals surface area contributed by atoms with Crippen LogP contribution in [0.5, 0.6) is 5.88 Å². The number of aryl methyl sites for hydroxylation is 1. The summed E-state index contributed by atoms with van der Waals surface area (Å²) in [5.41, 5.74) is 0.965. The van der Waals surface area contributed by atoms with Gasteiger partial charge in [0.05, 0.1) is 16.4 Å². The van der Waals surface area contributed by atoms with Crippen LogP contribution in [-0.4, -0.2) is 23.3 Å². The average molecular weight is 296 g/mol. The third-order valence-electron chi connectivity index (χ3n) is 1.34. The maximum Gasteiger partial charge on any atom is 0.231 e. The Morgan fingerprint density at radius 2 is 2.08 bits per heavy atom. The molecule has 0 aliphatic carbocycles. The van der Waals surface area contributed by atoms with E-state index in [1.54, 1.807) is 7.11 Å². The van der Waals surface area contributed by atoms with Crippen molar-refractivity contribution in [3.8, 4) is 5.88 Å². The van der Waals surface area contributed by atoms with E-state index in [1.165, 1.54) is 11.8 Å². The van der Waals surface area contributed by atoms with Gasteiger partial charge in [0.2, 0.25) is 5.88 Å². The average Bonchev–Trinajstić information content (AvgIpc) is 2.09. The van der Waals surface area contributed by atoms with Gasteiger partial charge in [-0.25, -0.2) is 4.98 Å². The van der Waals surface area contributed by atoms with E-state index in [0.717, 1.165) is 14.4 Å². The third kappa shape index (κ3) is 2.01. The fourth-order valence-corrected chi connectivity index (χ4v) is 1.60. The zero-order chi connectivity index (χ0) is 9.14. The highest BCUT2D eigenvalue weighted by atomic mass is 127. The second kappa shape index (κ2) is 4.27. The molecular formula is C7H9IN2OS. The third-order valence-corrected chi connectivity index (χ3v) is 3.13. The summed E-state index contributed by atoms with van der Waals surface area (Å²) in [6.45, 7) is 1.95. The van der Waals surface area contributed by atoms with E-state index in [1.807, 2.05) is 13.2 Å². The topological polar surface area (TPSA) is 35.0 Å². The summed E-state index contributed by atoms with van der Waals surface area (Å²) in [6.07, 6.45) is 1.95. The Morgan fingerprint density at radius 3 is 2.58 bits per heavy atom. The molecule has 0 saturated heterocycles. The molecule has 1 aromatic heterocycles. The van der Waals surface area contributed by atoms with Gasteiger partial charge in [-0.2, -0.15) is 4.98 Å². The lowest BCUT2D eigenvalue weighted by Gasteiger charge is -2.05. The van der Waals surface area contributed by atoms with Crippen molar-refractivity contribution in [1.29, 1.82) is 0 Å². The first-order chi connectivity index (χ1) is 5.69. The maximum absolute atomic E-state index is 5.10. The first kappa shape index (κ1) is 10.0. The zero-order valence-corrected chi connectivity index (χ0v) is 10.1. The van der Waals surface area contributed by atoms with Crippen molar-refractivity contribution < 1.29 is 4.74 Å². The van der Waals surface area contributed by atoms with Gasteiger partial charge in [0.25, 0.3) is 0 Å². The molecule has 0 N–H and O–H groups in total. The number of rotatable bonds is 2. The quantitative estimate of drug-likeness (QED) is 0.476. The van der Waals surface area contributed by atoms with Crippen LogP contribution in [0.4, 0.5) is 0 Å². The van der Waals surface area contributed by atoms with Gasteiger partial charge >= 0.3 is 0 Å². The summed E-state index contributed by atoms with van der Waals surface area (Å²) in [4.78, 5) is 8.46. The fraction of sp³-hybridized carbons (Fsp3) is 0.429. The molecule has 0 radical (unpaired) electrons. The SMILES string of the molecule is COc1nc(SC)nc(C)c1I. The number of ether oxygens (including phenoxy) is 1. The molecule has 0 saturated carbocycles. The lowest BCUT2D eigenvalue weighted by Crippen LogP contribution is -1.98. The minimum absolute atomic E-state index is 0.660. The summed E-state index contributed by atoms with van der Waals surface area (Å²) in [5.74, 6) is 0.660. The maximum atomic E-state index is 5.10. The number of thioether (sulfide) groups is 1. The molecule has 0 unspecified atom stereocenters. The summed E-state index contributed by atoms with van der Waals surface area (Å²) >= 11 is 3.69. The van der Waals surface area contributed by atoms with Gasteiger partial charge in [0.1, 0.15) is 0 Å². The van der Waals surface area contributed by atoms with Crippen LogP contribution in [0.2, 0.25) is 0 Å². The van der Waals surface area contributed by atoms with Crippen LogP contribution in [-0.2, 0) is 0 Å². The Morgan fingerprint density at radius 1 is 1.42 bits per heavy atom. The Balaban J connectivity index is 3.19. The molecule has 66 valence electrons. The Hall–Kier alpha value is -0.0400. The molecular weight excluding hydrogens is 287 g/mol. The van der Waals surface area contributed by atoms with Crippen molar-refractivity contribution in [3.63, 3.8) is 0 Å². The second-order valence-electron chi connectivity index (χ2n) is 2.12. The van der Waals surface area contributed by atoms with Crippen LogP contribution in [0.3, 0.4) is 0 Å². The van der Waals surface area contributed by atoms with Crippen molar-refractivity contribution >= 4 is 34.4 Å². The van der Waals surface area contributed by atoms with E-state index >= 15 is 0 Å². The standard InChI is InChI=1S/C7H9IN2OS/c1-4-5(8)6(11-2)10-7(9-4)12-3/h1-3H3. The van der Waals surface area contributed by atoms with E-state index in [-0.39, 0.29) is 0 Å². The number of nitrogens with zero attached hydrogens (tertiary/aromatic N) is 2. The monoisotopic (exact) mass is 296 g/mol. The van der Waals surface area contributed by atoms with E-state index < -0.39 is 0 Å². The molecule has 0 aliphatic rings. The van der Waals surface area contributed by atoms with Gasteiger partial charge in [0.15, 0.2) is 5.16 Å². The minimum Gasteiger partial charge on any atom is -0.480 e. The smallest absolute Gasteiger partial charge is 0.231 e. The molecule has 0 bridgehead atoms. The highest BCUT2D eigenvalue weighted by Gasteiger charge is 2.07. The Labute approximate surface area is 89.5 Å². The second-order valence-corrected chi connectivity index (χ2v) is 3.97. The van der Waals surface area contributed by atoms with Gasteiger partial charge in [-0.05, 0) is 35.8 Å². The Bertz CT molecular complexity index is 293. The molecule has 5 heteroatoms. The van der Waals surface area contributed by atoms with Crippen LogP contribution >= 0.6 is 34.4 Å². The van der Waals surface area contributed by atoms with Gasteiger partial charge in [-0.1, -0.05) is 11.8 Å².